The lowest BCUT2D eigenvalue weighted by Gasteiger charge is -2.26. The number of aromatic nitrogens is 1. The van der Waals surface area contributed by atoms with Crippen molar-refractivity contribution >= 4 is 39.8 Å². The molecule has 1 aliphatic rings. The maximum absolute atomic E-state index is 12.7. The topological polar surface area (TPSA) is 88.2 Å². The Morgan fingerprint density at radius 2 is 1.63 bits per heavy atom. The van der Waals surface area contributed by atoms with E-state index in [2.05, 4.69) is 15.6 Å². The number of hydrogen-bond donors (Lipinski definition) is 2. The average molecular weight is 420 g/mol. The fourth-order valence-corrected chi connectivity index (χ4v) is 4.39. The predicted octanol–water partition coefficient (Wildman–Crippen LogP) is 4.80. The summed E-state index contributed by atoms with van der Waals surface area (Å²) in [4.78, 5) is 42.5. The summed E-state index contributed by atoms with van der Waals surface area (Å²) in [7, 11) is 0. The van der Waals surface area contributed by atoms with Gasteiger partial charge in [0.25, 0.3) is 11.8 Å². The molecule has 4 rings (SSSR count). The molecular weight excluding hydrogens is 398 g/mol. The number of benzene rings is 2. The van der Waals surface area contributed by atoms with Gasteiger partial charge in [0.15, 0.2) is 10.9 Å². The van der Waals surface area contributed by atoms with E-state index in [-0.39, 0.29) is 23.0 Å². The van der Waals surface area contributed by atoms with E-state index in [1.807, 2.05) is 19.9 Å². The van der Waals surface area contributed by atoms with Crippen molar-refractivity contribution in [2.45, 2.75) is 26.7 Å². The molecule has 0 aliphatic heterocycles. The molecule has 30 heavy (non-hydrogen) atoms. The van der Waals surface area contributed by atoms with Gasteiger partial charge in [-0.3, -0.25) is 19.7 Å². The van der Waals surface area contributed by atoms with E-state index >= 15 is 0 Å². The van der Waals surface area contributed by atoms with Crippen molar-refractivity contribution < 1.29 is 14.4 Å². The highest BCUT2D eigenvalue weighted by Gasteiger charge is 2.34. The third-order valence-electron chi connectivity index (χ3n) is 4.87. The van der Waals surface area contributed by atoms with Crippen LogP contribution in [0.25, 0.3) is 0 Å². The van der Waals surface area contributed by atoms with Crippen LogP contribution in [-0.4, -0.2) is 22.6 Å². The Hall–Kier alpha value is -3.32. The van der Waals surface area contributed by atoms with E-state index < -0.39 is 0 Å². The lowest BCUT2D eigenvalue weighted by atomic mass is 9.78. The summed E-state index contributed by atoms with van der Waals surface area (Å²) in [6.07, 6.45) is 1.19. The summed E-state index contributed by atoms with van der Waals surface area (Å²) in [5.41, 5.74) is 2.08. The number of thiazole rings is 1. The van der Waals surface area contributed by atoms with Crippen molar-refractivity contribution in [1.82, 2.24) is 4.98 Å². The predicted molar refractivity (Wildman–Crippen MR) is 117 cm³/mol. The number of nitrogens with zero attached hydrogens (tertiary/aromatic N) is 1. The van der Waals surface area contributed by atoms with Crippen LogP contribution < -0.4 is 10.6 Å². The molecule has 0 radical (unpaired) electrons. The molecular formula is C23H21N3O3S. The van der Waals surface area contributed by atoms with Gasteiger partial charge in [-0.25, -0.2) is 4.98 Å². The van der Waals surface area contributed by atoms with Crippen LogP contribution in [0.1, 0.15) is 56.3 Å². The SMILES string of the molecule is CC1(C)CC(=O)c2sc(NC(=O)c3cccc(NC(=O)c4ccccc4)c3)nc2C1. The van der Waals surface area contributed by atoms with Gasteiger partial charge in [-0.15, -0.1) is 0 Å². The first-order valence-electron chi connectivity index (χ1n) is 9.61. The Kier molecular flexibility index (Phi) is 5.22. The van der Waals surface area contributed by atoms with Gasteiger partial charge < -0.3 is 5.32 Å². The van der Waals surface area contributed by atoms with Gasteiger partial charge in [0.1, 0.15) is 0 Å². The van der Waals surface area contributed by atoms with Crippen molar-refractivity contribution in [3.8, 4) is 0 Å². The average Bonchev–Trinajstić information content (AvgIpc) is 3.10. The molecule has 3 aromatic rings. The van der Waals surface area contributed by atoms with Crippen molar-refractivity contribution in [2.75, 3.05) is 10.6 Å². The van der Waals surface area contributed by atoms with Gasteiger partial charge in [0, 0.05) is 23.2 Å². The molecule has 0 atom stereocenters. The fourth-order valence-electron chi connectivity index (χ4n) is 3.47. The first-order chi connectivity index (χ1) is 14.3. The highest BCUT2D eigenvalue weighted by molar-refractivity contribution is 7.17. The van der Waals surface area contributed by atoms with Crippen LogP contribution >= 0.6 is 11.3 Å². The van der Waals surface area contributed by atoms with Crippen LogP contribution in [-0.2, 0) is 6.42 Å². The number of fused-ring (bicyclic) bond motifs is 1. The maximum Gasteiger partial charge on any atom is 0.257 e. The Labute approximate surface area is 178 Å². The highest BCUT2D eigenvalue weighted by Crippen LogP contribution is 2.38. The second-order valence-electron chi connectivity index (χ2n) is 8.09. The highest BCUT2D eigenvalue weighted by atomic mass is 32.1. The van der Waals surface area contributed by atoms with Crippen LogP contribution in [0, 0.1) is 5.41 Å². The Morgan fingerprint density at radius 3 is 2.40 bits per heavy atom. The lowest BCUT2D eigenvalue weighted by molar-refractivity contribution is 0.0915. The summed E-state index contributed by atoms with van der Waals surface area (Å²) in [6, 6.07) is 15.6. The van der Waals surface area contributed by atoms with Crippen molar-refractivity contribution in [3.05, 3.63) is 76.3 Å². The molecule has 0 fully saturated rings. The van der Waals surface area contributed by atoms with E-state index in [0.29, 0.717) is 39.7 Å². The molecule has 6 nitrogen and oxygen atoms in total. The number of carbonyl (C=O) groups is 3. The number of hydrogen-bond acceptors (Lipinski definition) is 5. The molecule has 2 aromatic carbocycles. The minimum absolute atomic E-state index is 0.0740. The second-order valence-corrected chi connectivity index (χ2v) is 9.09. The third kappa shape index (κ3) is 4.31. The molecule has 1 aliphatic carbocycles. The Balaban J connectivity index is 1.48. The Bertz CT molecular complexity index is 1140. The van der Waals surface area contributed by atoms with Crippen LogP contribution in [0.4, 0.5) is 10.8 Å². The molecule has 152 valence electrons. The molecule has 7 heteroatoms. The largest absolute Gasteiger partial charge is 0.322 e. The zero-order valence-electron chi connectivity index (χ0n) is 16.7. The number of ketones is 1. The van der Waals surface area contributed by atoms with Gasteiger partial charge in [-0.05, 0) is 42.2 Å². The van der Waals surface area contributed by atoms with Gasteiger partial charge in [-0.1, -0.05) is 49.4 Å². The van der Waals surface area contributed by atoms with Crippen molar-refractivity contribution in [2.24, 2.45) is 5.41 Å². The molecule has 0 bridgehead atoms. The van der Waals surface area contributed by atoms with Crippen molar-refractivity contribution in [1.29, 1.82) is 0 Å². The monoisotopic (exact) mass is 419 g/mol. The number of amides is 2. The van der Waals surface area contributed by atoms with E-state index in [1.165, 1.54) is 11.3 Å². The summed E-state index contributed by atoms with van der Waals surface area (Å²) >= 11 is 1.22. The smallest absolute Gasteiger partial charge is 0.257 e. The van der Waals surface area contributed by atoms with Gasteiger partial charge in [0.2, 0.25) is 0 Å². The van der Waals surface area contributed by atoms with Gasteiger partial charge in [-0.2, -0.15) is 0 Å². The van der Waals surface area contributed by atoms with Gasteiger partial charge >= 0.3 is 0 Å². The number of Topliss-reactive ketones (excluding diaryl/α,β-unsaturated/α-hetero) is 1. The minimum Gasteiger partial charge on any atom is -0.322 e. The molecule has 1 aromatic heterocycles. The molecule has 0 unspecified atom stereocenters. The van der Waals surface area contributed by atoms with E-state index in [1.54, 1.807) is 48.5 Å². The number of anilines is 2. The third-order valence-corrected chi connectivity index (χ3v) is 5.93. The number of rotatable bonds is 4. The number of carbonyl (C=O) groups excluding carboxylic acids is 3. The second kappa shape index (κ2) is 7.84. The zero-order valence-corrected chi connectivity index (χ0v) is 17.5. The summed E-state index contributed by atoms with van der Waals surface area (Å²) in [6.45, 7) is 4.08. The Morgan fingerprint density at radius 1 is 0.933 bits per heavy atom. The quantitative estimate of drug-likeness (QED) is 0.636. The van der Waals surface area contributed by atoms with Crippen molar-refractivity contribution in [3.63, 3.8) is 0 Å². The van der Waals surface area contributed by atoms with E-state index in [0.717, 1.165) is 5.69 Å². The van der Waals surface area contributed by atoms with E-state index in [4.69, 9.17) is 0 Å². The molecule has 1 heterocycles. The van der Waals surface area contributed by atoms with Crippen LogP contribution in [0.15, 0.2) is 54.6 Å². The summed E-state index contributed by atoms with van der Waals surface area (Å²) in [5.74, 6) is -0.518. The number of nitrogens with one attached hydrogen (secondary N) is 2. The van der Waals surface area contributed by atoms with Crippen LogP contribution in [0.2, 0.25) is 0 Å². The molecule has 0 spiro atoms. The minimum atomic E-state index is -0.344. The standard InChI is InChI=1S/C23H21N3O3S/c1-23(2)12-17-19(18(27)13-23)30-22(25-17)26-21(29)15-9-6-10-16(11-15)24-20(28)14-7-4-3-5-8-14/h3-11H,12-13H2,1-2H3,(H,24,28)(H,25,26,29). The van der Waals surface area contributed by atoms with E-state index in [9.17, 15) is 14.4 Å². The summed E-state index contributed by atoms with van der Waals surface area (Å²) in [5, 5.41) is 5.99. The van der Waals surface area contributed by atoms with Crippen LogP contribution in [0.5, 0.6) is 0 Å². The zero-order chi connectivity index (χ0) is 21.3. The first kappa shape index (κ1) is 20.0. The molecule has 0 saturated carbocycles. The first-order valence-corrected chi connectivity index (χ1v) is 10.4. The van der Waals surface area contributed by atoms with Crippen LogP contribution in [0.3, 0.4) is 0 Å². The normalized spacial score (nSPS) is 14.7. The molecule has 2 N–H and O–H groups in total. The maximum atomic E-state index is 12.7. The summed E-state index contributed by atoms with van der Waals surface area (Å²) < 4.78 is 0. The molecule has 2 amide bonds. The van der Waals surface area contributed by atoms with Gasteiger partial charge in [0.05, 0.1) is 10.6 Å². The molecule has 0 saturated heterocycles. The lowest BCUT2D eigenvalue weighted by Crippen LogP contribution is -2.26. The fraction of sp³-hybridized carbons (Fsp3) is 0.217.